The second kappa shape index (κ2) is 8.01. The van der Waals surface area contributed by atoms with Crippen molar-refractivity contribution in [3.8, 4) is 0 Å². The number of aliphatic hydroxyl groups excluding tert-OH is 1. The van der Waals surface area contributed by atoms with Crippen molar-refractivity contribution in [2.45, 2.75) is 52.9 Å². The van der Waals surface area contributed by atoms with Gasteiger partial charge in [0.1, 0.15) is 6.23 Å². The van der Waals surface area contributed by atoms with Crippen LogP contribution >= 0.6 is 0 Å². The molecule has 0 aliphatic heterocycles. The van der Waals surface area contributed by atoms with E-state index in [4.69, 9.17) is 15.2 Å². The van der Waals surface area contributed by atoms with Gasteiger partial charge in [-0.2, -0.15) is 0 Å². The molecule has 2 atom stereocenters. The molecule has 98 valence electrons. The molecule has 0 saturated carbocycles. The number of hydrogen-bond acceptors (Lipinski definition) is 4. The fraction of sp³-hybridized carbons (Fsp3) is 1.00. The van der Waals surface area contributed by atoms with E-state index in [-0.39, 0.29) is 24.4 Å². The SMILES string of the molecule is CCC(CC)(CO)COCC(C)OC(C)N. The summed E-state index contributed by atoms with van der Waals surface area (Å²) < 4.78 is 11.0. The van der Waals surface area contributed by atoms with Crippen LogP contribution in [0.2, 0.25) is 0 Å². The lowest BCUT2D eigenvalue weighted by atomic mass is 9.84. The Bertz CT molecular complexity index is 161. The maximum absolute atomic E-state index is 9.36. The van der Waals surface area contributed by atoms with Crippen LogP contribution in [-0.4, -0.2) is 37.3 Å². The summed E-state index contributed by atoms with van der Waals surface area (Å²) in [5, 5.41) is 9.36. The minimum absolute atomic E-state index is 0.00916. The van der Waals surface area contributed by atoms with Crippen LogP contribution in [-0.2, 0) is 9.47 Å². The van der Waals surface area contributed by atoms with E-state index in [1.54, 1.807) is 6.92 Å². The zero-order valence-electron chi connectivity index (χ0n) is 11.0. The zero-order chi connectivity index (χ0) is 12.6. The van der Waals surface area contributed by atoms with Crippen molar-refractivity contribution in [1.82, 2.24) is 0 Å². The summed E-state index contributed by atoms with van der Waals surface area (Å²) in [7, 11) is 0. The van der Waals surface area contributed by atoms with Gasteiger partial charge in [0.15, 0.2) is 0 Å². The largest absolute Gasteiger partial charge is 0.396 e. The molecule has 0 spiro atoms. The number of ether oxygens (including phenoxy) is 2. The van der Waals surface area contributed by atoms with E-state index in [2.05, 4.69) is 13.8 Å². The van der Waals surface area contributed by atoms with Crippen molar-refractivity contribution in [3.05, 3.63) is 0 Å². The molecule has 0 amide bonds. The highest BCUT2D eigenvalue weighted by molar-refractivity contribution is 4.75. The van der Waals surface area contributed by atoms with Crippen molar-refractivity contribution in [2.75, 3.05) is 19.8 Å². The fourth-order valence-electron chi connectivity index (χ4n) is 1.57. The maximum atomic E-state index is 9.36. The molecule has 0 aromatic rings. The van der Waals surface area contributed by atoms with Gasteiger partial charge in [0.25, 0.3) is 0 Å². The third kappa shape index (κ3) is 5.80. The molecular weight excluding hydrogens is 206 g/mol. The molecule has 16 heavy (non-hydrogen) atoms. The topological polar surface area (TPSA) is 64.7 Å². The molecular formula is C12H27NO3. The first-order valence-corrected chi connectivity index (χ1v) is 6.09. The van der Waals surface area contributed by atoms with Gasteiger partial charge in [-0.25, -0.2) is 0 Å². The van der Waals surface area contributed by atoms with Gasteiger partial charge in [-0.3, -0.25) is 0 Å². The second-order valence-corrected chi connectivity index (χ2v) is 4.53. The van der Waals surface area contributed by atoms with E-state index in [1.807, 2.05) is 6.92 Å². The molecule has 0 saturated heterocycles. The highest BCUT2D eigenvalue weighted by Crippen LogP contribution is 2.25. The minimum Gasteiger partial charge on any atom is -0.396 e. The molecule has 0 heterocycles. The monoisotopic (exact) mass is 233 g/mol. The normalized spacial score (nSPS) is 16.1. The average Bonchev–Trinajstić information content (AvgIpc) is 2.24. The molecule has 0 aromatic heterocycles. The molecule has 0 aliphatic rings. The predicted molar refractivity (Wildman–Crippen MR) is 65.1 cm³/mol. The van der Waals surface area contributed by atoms with Crippen LogP contribution in [0, 0.1) is 5.41 Å². The van der Waals surface area contributed by atoms with E-state index in [0.29, 0.717) is 13.2 Å². The summed E-state index contributed by atoms with van der Waals surface area (Å²) >= 11 is 0. The van der Waals surface area contributed by atoms with Gasteiger partial charge in [0, 0.05) is 5.41 Å². The van der Waals surface area contributed by atoms with Crippen molar-refractivity contribution < 1.29 is 14.6 Å². The van der Waals surface area contributed by atoms with Gasteiger partial charge in [0.05, 0.1) is 25.9 Å². The lowest BCUT2D eigenvalue weighted by molar-refractivity contribution is -0.0664. The summed E-state index contributed by atoms with van der Waals surface area (Å²) in [6, 6.07) is 0. The van der Waals surface area contributed by atoms with Crippen LogP contribution in [0.15, 0.2) is 0 Å². The summed E-state index contributed by atoms with van der Waals surface area (Å²) in [5.41, 5.74) is 5.41. The van der Waals surface area contributed by atoms with E-state index >= 15 is 0 Å². The smallest absolute Gasteiger partial charge is 0.103 e. The summed E-state index contributed by atoms with van der Waals surface area (Å²) in [5.74, 6) is 0. The Morgan fingerprint density at radius 2 is 1.81 bits per heavy atom. The van der Waals surface area contributed by atoms with Gasteiger partial charge in [-0.15, -0.1) is 0 Å². The fourth-order valence-corrected chi connectivity index (χ4v) is 1.57. The molecule has 0 aromatic carbocycles. The van der Waals surface area contributed by atoms with Crippen LogP contribution in [0.25, 0.3) is 0 Å². The number of rotatable bonds is 9. The van der Waals surface area contributed by atoms with Gasteiger partial charge >= 0.3 is 0 Å². The van der Waals surface area contributed by atoms with Crippen LogP contribution < -0.4 is 5.73 Å². The molecule has 3 N–H and O–H groups in total. The average molecular weight is 233 g/mol. The predicted octanol–water partition coefficient (Wildman–Crippen LogP) is 1.51. The van der Waals surface area contributed by atoms with Crippen LogP contribution in [0.4, 0.5) is 0 Å². The Morgan fingerprint density at radius 3 is 2.19 bits per heavy atom. The molecule has 4 heteroatoms. The van der Waals surface area contributed by atoms with Gasteiger partial charge in [-0.05, 0) is 26.7 Å². The van der Waals surface area contributed by atoms with Crippen molar-refractivity contribution in [1.29, 1.82) is 0 Å². The molecule has 0 fully saturated rings. The highest BCUT2D eigenvalue weighted by Gasteiger charge is 2.25. The lowest BCUT2D eigenvalue weighted by Crippen LogP contribution is -2.33. The minimum atomic E-state index is -0.265. The van der Waals surface area contributed by atoms with Crippen molar-refractivity contribution >= 4 is 0 Å². The molecule has 0 rings (SSSR count). The van der Waals surface area contributed by atoms with Crippen molar-refractivity contribution in [3.63, 3.8) is 0 Å². The molecule has 0 aliphatic carbocycles. The molecule has 0 radical (unpaired) electrons. The van der Waals surface area contributed by atoms with Crippen LogP contribution in [0.5, 0.6) is 0 Å². The molecule has 2 unspecified atom stereocenters. The first-order valence-electron chi connectivity index (χ1n) is 6.09. The first-order chi connectivity index (χ1) is 7.49. The van der Waals surface area contributed by atoms with E-state index in [0.717, 1.165) is 12.8 Å². The Hall–Kier alpha value is -0.160. The van der Waals surface area contributed by atoms with E-state index in [1.165, 1.54) is 0 Å². The Morgan fingerprint density at radius 1 is 1.25 bits per heavy atom. The molecule has 4 nitrogen and oxygen atoms in total. The Balaban J connectivity index is 3.86. The molecule has 0 bridgehead atoms. The number of nitrogens with two attached hydrogens (primary N) is 1. The third-order valence-corrected chi connectivity index (χ3v) is 3.04. The van der Waals surface area contributed by atoms with Crippen LogP contribution in [0.3, 0.4) is 0 Å². The van der Waals surface area contributed by atoms with E-state index < -0.39 is 0 Å². The van der Waals surface area contributed by atoms with Gasteiger partial charge < -0.3 is 20.3 Å². The third-order valence-electron chi connectivity index (χ3n) is 3.04. The summed E-state index contributed by atoms with van der Waals surface area (Å²) in [6.07, 6.45) is 1.56. The standard InChI is InChI=1S/C12H27NO3/c1-5-12(6-2,8-14)9-15-7-10(3)16-11(4)13/h10-11,14H,5-9,13H2,1-4H3. The van der Waals surface area contributed by atoms with Crippen molar-refractivity contribution in [2.24, 2.45) is 11.1 Å². The van der Waals surface area contributed by atoms with Gasteiger partial charge in [-0.1, -0.05) is 13.8 Å². The van der Waals surface area contributed by atoms with Gasteiger partial charge in [0.2, 0.25) is 0 Å². The highest BCUT2D eigenvalue weighted by atomic mass is 16.5. The number of hydrogen-bond donors (Lipinski definition) is 2. The lowest BCUT2D eigenvalue weighted by Gasteiger charge is -2.29. The summed E-state index contributed by atoms with van der Waals surface area (Å²) in [6.45, 7) is 9.14. The summed E-state index contributed by atoms with van der Waals surface area (Å²) in [4.78, 5) is 0. The van der Waals surface area contributed by atoms with Crippen LogP contribution in [0.1, 0.15) is 40.5 Å². The van der Waals surface area contributed by atoms with E-state index in [9.17, 15) is 5.11 Å². The Labute approximate surface area is 99.1 Å². The first kappa shape index (κ1) is 15.8. The quantitative estimate of drug-likeness (QED) is 0.593. The maximum Gasteiger partial charge on any atom is 0.103 e. The zero-order valence-corrected chi connectivity index (χ0v) is 11.0. The number of aliphatic hydroxyl groups is 1. The second-order valence-electron chi connectivity index (χ2n) is 4.53. The Kier molecular flexibility index (Phi) is 7.93.